The van der Waals surface area contributed by atoms with Crippen LogP contribution in [-0.2, 0) is 4.79 Å². The summed E-state index contributed by atoms with van der Waals surface area (Å²) in [6.45, 7) is 10.3. The first-order valence-electron chi connectivity index (χ1n) is 7.79. The molecule has 1 amide bonds. The number of hydrogen-bond acceptors (Lipinski definition) is 2. The number of carbonyl (C=O) groups is 1. The molecule has 0 bridgehead atoms. The predicted octanol–water partition coefficient (Wildman–Crippen LogP) is 2.85. The third kappa shape index (κ3) is 5.13. The van der Waals surface area contributed by atoms with Crippen LogP contribution in [-0.4, -0.2) is 24.5 Å². The average Bonchev–Trinajstić information content (AvgIpc) is 2.96. The quantitative estimate of drug-likeness (QED) is 0.803. The van der Waals surface area contributed by atoms with Gasteiger partial charge in [-0.05, 0) is 42.9 Å². The van der Waals surface area contributed by atoms with E-state index in [0.29, 0.717) is 29.3 Å². The lowest BCUT2D eigenvalue weighted by molar-refractivity contribution is -0.121. The largest absolute Gasteiger partial charge is 0.353 e. The molecule has 2 N–H and O–H groups in total. The molecule has 2 aliphatic carbocycles. The highest BCUT2D eigenvalue weighted by Crippen LogP contribution is 2.45. The van der Waals surface area contributed by atoms with Gasteiger partial charge in [0.15, 0.2) is 0 Å². The smallest absolute Gasteiger partial charge is 0.221 e. The maximum Gasteiger partial charge on any atom is 0.221 e. The Hall–Kier alpha value is -0.570. The molecule has 19 heavy (non-hydrogen) atoms. The van der Waals surface area contributed by atoms with Crippen molar-refractivity contribution in [2.75, 3.05) is 6.54 Å². The topological polar surface area (TPSA) is 41.1 Å². The van der Waals surface area contributed by atoms with Crippen LogP contribution in [0.5, 0.6) is 0 Å². The first-order valence-corrected chi connectivity index (χ1v) is 7.79. The Labute approximate surface area is 117 Å². The summed E-state index contributed by atoms with van der Waals surface area (Å²) in [7, 11) is 0. The van der Waals surface area contributed by atoms with Crippen LogP contribution in [0.25, 0.3) is 0 Å². The van der Waals surface area contributed by atoms with Crippen LogP contribution in [0.4, 0.5) is 0 Å². The van der Waals surface area contributed by atoms with Gasteiger partial charge in [-0.25, -0.2) is 0 Å². The van der Waals surface area contributed by atoms with Gasteiger partial charge in [-0.15, -0.1) is 0 Å². The molecule has 0 saturated heterocycles. The molecule has 0 aromatic heterocycles. The predicted molar refractivity (Wildman–Crippen MR) is 79.0 cm³/mol. The molecule has 0 aliphatic heterocycles. The van der Waals surface area contributed by atoms with Gasteiger partial charge in [0.2, 0.25) is 5.91 Å². The summed E-state index contributed by atoms with van der Waals surface area (Å²) in [5.74, 6) is 0.212. The fourth-order valence-electron chi connectivity index (χ4n) is 3.91. The Morgan fingerprint density at radius 1 is 1.05 bits per heavy atom. The summed E-state index contributed by atoms with van der Waals surface area (Å²) < 4.78 is 0. The molecule has 2 fully saturated rings. The van der Waals surface area contributed by atoms with Gasteiger partial charge in [0.1, 0.15) is 0 Å². The first-order chi connectivity index (χ1) is 8.76. The molecule has 2 saturated carbocycles. The molecule has 0 spiro atoms. The van der Waals surface area contributed by atoms with Crippen molar-refractivity contribution in [3.63, 3.8) is 0 Å². The molecule has 0 aromatic rings. The maximum atomic E-state index is 11.6. The number of rotatable bonds is 5. The second-order valence-corrected chi connectivity index (χ2v) is 8.16. The Kier molecular flexibility index (Phi) is 4.24. The van der Waals surface area contributed by atoms with Crippen LogP contribution in [0.3, 0.4) is 0 Å². The van der Waals surface area contributed by atoms with Gasteiger partial charge >= 0.3 is 0 Å². The van der Waals surface area contributed by atoms with Crippen molar-refractivity contribution in [1.82, 2.24) is 10.6 Å². The zero-order valence-corrected chi connectivity index (χ0v) is 13.0. The van der Waals surface area contributed by atoms with Crippen LogP contribution in [0.15, 0.2) is 0 Å². The second-order valence-electron chi connectivity index (χ2n) is 8.16. The number of nitrogens with one attached hydrogen (secondary N) is 2. The first kappa shape index (κ1) is 14.8. The van der Waals surface area contributed by atoms with Crippen LogP contribution in [0.1, 0.15) is 66.2 Å². The van der Waals surface area contributed by atoms with Crippen LogP contribution >= 0.6 is 0 Å². The highest BCUT2D eigenvalue weighted by Gasteiger charge is 2.38. The van der Waals surface area contributed by atoms with Crippen molar-refractivity contribution in [2.24, 2.45) is 10.8 Å². The lowest BCUT2D eigenvalue weighted by atomic mass is 9.63. The van der Waals surface area contributed by atoms with Crippen molar-refractivity contribution in [3.8, 4) is 0 Å². The molecule has 0 aromatic carbocycles. The number of carbonyl (C=O) groups excluding carboxylic acids is 1. The van der Waals surface area contributed by atoms with E-state index in [4.69, 9.17) is 0 Å². The van der Waals surface area contributed by atoms with Crippen molar-refractivity contribution >= 4 is 5.91 Å². The van der Waals surface area contributed by atoms with Crippen molar-refractivity contribution in [1.29, 1.82) is 0 Å². The van der Waals surface area contributed by atoms with Gasteiger partial charge in [0.25, 0.3) is 0 Å². The van der Waals surface area contributed by atoms with E-state index in [1.165, 1.54) is 32.1 Å². The molecule has 110 valence electrons. The Morgan fingerprint density at radius 2 is 1.63 bits per heavy atom. The Morgan fingerprint density at radius 3 is 2.16 bits per heavy atom. The molecular weight excluding hydrogens is 236 g/mol. The van der Waals surface area contributed by atoms with Crippen molar-refractivity contribution in [2.45, 2.75) is 78.3 Å². The van der Waals surface area contributed by atoms with Crippen molar-refractivity contribution in [3.05, 3.63) is 0 Å². The SMILES string of the molecule is CC1(C)CC(NCCC(=O)NC2CC2)CC(C)(C)C1. The Balaban J connectivity index is 1.70. The summed E-state index contributed by atoms with van der Waals surface area (Å²) in [5.41, 5.74) is 0.825. The lowest BCUT2D eigenvalue weighted by Gasteiger charge is -2.45. The summed E-state index contributed by atoms with van der Waals surface area (Å²) in [5, 5.41) is 6.64. The van der Waals surface area contributed by atoms with Gasteiger partial charge in [0, 0.05) is 25.0 Å². The molecule has 0 heterocycles. The molecular formula is C16H30N2O. The summed E-state index contributed by atoms with van der Waals surface area (Å²) in [6, 6.07) is 1.05. The summed E-state index contributed by atoms with van der Waals surface area (Å²) >= 11 is 0. The van der Waals surface area contributed by atoms with Crippen molar-refractivity contribution < 1.29 is 4.79 Å². The number of hydrogen-bond donors (Lipinski definition) is 2. The molecule has 2 rings (SSSR count). The van der Waals surface area contributed by atoms with Gasteiger partial charge in [0.05, 0.1) is 0 Å². The normalized spacial score (nSPS) is 26.1. The van der Waals surface area contributed by atoms with E-state index in [0.717, 1.165) is 6.54 Å². The van der Waals surface area contributed by atoms with E-state index >= 15 is 0 Å². The van der Waals surface area contributed by atoms with E-state index in [9.17, 15) is 4.79 Å². The van der Waals surface area contributed by atoms with Crippen LogP contribution in [0, 0.1) is 10.8 Å². The van der Waals surface area contributed by atoms with E-state index < -0.39 is 0 Å². The third-order valence-corrected chi connectivity index (χ3v) is 4.28. The lowest BCUT2D eigenvalue weighted by Crippen LogP contribution is -2.44. The van der Waals surface area contributed by atoms with Crippen LogP contribution in [0.2, 0.25) is 0 Å². The van der Waals surface area contributed by atoms with E-state index in [1.54, 1.807) is 0 Å². The van der Waals surface area contributed by atoms with E-state index in [2.05, 4.69) is 38.3 Å². The van der Waals surface area contributed by atoms with Gasteiger partial charge in [-0.1, -0.05) is 27.7 Å². The standard InChI is InChI=1S/C16H30N2O/c1-15(2)9-13(10-16(3,4)11-15)17-8-7-14(19)18-12-5-6-12/h12-13,17H,5-11H2,1-4H3,(H,18,19). The highest BCUT2D eigenvalue weighted by atomic mass is 16.1. The molecule has 3 nitrogen and oxygen atoms in total. The minimum Gasteiger partial charge on any atom is -0.353 e. The second kappa shape index (κ2) is 5.43. The van der Waals surface area contributed by atoms with Gasteiger partial charge in [-0.3, -0.25) is 4.79 Å². The van der Waals surface area contributed by atoms with E-state index in [-0.39, 0.29) is 5.91 Å². The van der Waals surface area contributed by atoms with E-state index in [1.807, 2.05) is 0 Å². The maximum absolute atomic E-state index is 11.6. The number of amides is 1. The summed E-state index contributed by atoms with van der Waals surface area (Å²) in [6.07, 6.45) is 6.70. The van der Waals surface area contributed by atoms with Crippen LogP contribution < -0.4 is 10.6 Å². The molecule has 0 radical (unpaired) electrons. The summed E-state index contributed by atoms with van der Waals surface area (Å²) in [4.78, 5) is 11.6. The Bertz CT molecular complexity index is 316. The zero-order valence-electron chi connectivity index (χ0n) is 13.0. The minimum absolute atomic E-state index is 0.212. The highest BCUT2D eigenvalue weighted by molar-refractivity contribution is 5.76. The third-order valence-electron chi connectivity index (χ3n) is 4.28. The monoisotopic (exact) mass is 266 g/mol. The molecule has 0 unspecified atom stereocenters. The fraction of sp³-hybridized carbons (Fsp3) is 0.938. The zero-order chi connectivity index (χ0) is 14.1. The molecule has 0 atom stereocenters. The molecule has 2 aliphatic rings. The van der Waals surface area contributed by atoms with Gasteiger partial charge < -0.3 is 10.6 Å². The molecule has 3 heteroatoms. The fourth-order valence-corrected chi connectivity index (χ4v) is 3.91. The van der Waals surface area contributed by atoms with Gasteiger partial charge in [-0.2, -0.15) is 0 Å². The average molecular weight is 266 g/mol. The minimum atomic E-state index is 0.212.